The molecule has 3 heteroatoms. The van der Waals surface area contributed by atoms with Gasteiger partial charge in [-0.05, 0) is 57.3 Å². The second-order valence-electron chi connectivity index (χ2n) is 11.4. The minimum atomic E-state index is 0.0323. The van der Waals surface area contributed by atoms with Crippen LogP contribution in [0, 0.1) is 5.41 Å². The summed E-state index contributed by atoms with van der Waals surface area (Å²) < 4.78 is 2.46. The number of hydrogen-bond donors (Lipinski definition) is 1. The lowest BCUT2D eigenvalue weighted by Gasteiger charge is -2.23. The zero-order valence-electron chi connectivity index (χ0n) is 20.4. The number of rotatable bonds is 2. The fourth-order valence-corrected chi connectivity index (χ4v) is 6.15. The van der Waals surface area contributed by atoms with E-state index in [9.17, 15) is 0 Å². The first-order valence-electron chi connectivity index (χ1n) is 11.6. The average Bonchev–Trinajstić information content (AvgIpc) is 3.10. The van der Waals surface area contributed by atoms with Gasteiger partial charge in [-0.25, -0.2) is 0 Å². The van der Waals surface area contributed by atoms with Crippen LogP contribution in [0.25, 0.3) is 42.2 Å². The van der Waals surface area contributed by atoms with E-state index in [4.69, 9.17) is 10.7 Å². The summed E-state index contributed by atoms with van der Waals surface area (Å²) in [4.78, 5) is 4.87. The van der Waals surface area contributed by atoms with Crippen molar-refractivity contribution < 1.29 is 0 Å². The highest BCUT2D eigenvalue weighted by atomic mass is 32.1. The van der Waals surface area contributed by atoms with E-state index in [-0.39, 0.29) is 10.8 Å². The summed E-state index contributed by atoms with van der Waals surface area (Å²) in [6.45, 7) is 13.7. The van der Waals surface area contributed by atoms with Crippen LogP contribution in [0.4, 0.5) is 5.69 Å². The molecule has 2 aromatic heterocycles. The Hall–Kier alpha value is -2.91. The third kappa shape index (κ3) is 4.00. The second-order valence-corrected chi connectivity index (χ2v) is 12.5. The summed E-state index contributed by atoms with van der Waals surface area (Å²) in [6.07, 6.45) is 2.89. The van der Waals surface area contributed by atoms with Crippen molar-refractivity contribution >= 4 is 48.0 Å². The number of nitrogens with two attached hydrogens (primary N) is 1. The zero-order valence-corrected chi connectivity index (χ0v) is 21.2. The van der Waals surface area contributed by atoms with Gasteiger partial charge in [-0.2, -0.15) is 0 Å². The molecule has 0 aliphatic rings. The SMILES string of the molecule is CC(C)(C)Cc1ccc2c(c1)sc1c(-c3cc(C(C)(C)C)c4ccccc4c3)ncc(N)c12. The van der Waals surface area contributed by atoms with Gasteiger partial charge in [0.15, 0.2) is 0 Å². The van der Waals surface area contributed by atoms with E-state index < -0.39 is 0 Å². The van der Waals surface area contributed by atoms with Crippen molar-refractivity contribution in [2.75, 3.05) is 5.73 Å². The lowest BCUT2D eigenvalue weighted by atomic mass is 9.82. The molecule has 5 rings (SSSR count). The summed E-state index contributed by atoms with van der Waals surface area (Å²) in [7, 11) is 0. The van der Waals surface area contributed by atoms with Crippen LogP contribution in [0.1, 0.15) is 52.7 Å². The lowest BCUT2D eigenvalue weighted by Crippen LogP contribution is -2.12. The van der Waals surface area contributed by atoms with E-state index in [1.54, 1.807) is 0 Å². The van der Waals surface area contributed by atoms with E-state index in [0.29, 0.717) is 0 Å². The molecule has 0 aliphatic heterocycles. The standard InChI is InChI=1S/C30H32N2S/c1-29(2,3)16-18-11-12-22-25(13-18)33-28-26(22)24(31)17-32-27(28)20-14-19-9-7-8-10-21(19)23(15-20)30(4,5)6/h7-15,17H,16,31H2,1-6H3. The molecule has 2 heterocycles. The first-order valence-corrected chi connectivity index (χ1v) is 12.5. The third-order valence-electron chi connectivity index (χ3n) is 6.27. The topological polar surface area (TPSA) is 38.9 Å². The van der Waals surface area contributed by atoms with Crippen molar-refractivity contribution in [2.24, 2.45) is 5.41 Å². The van der Waals surface area contributed by atoms with Crippen LogP contribution in [0.15, 0.2) is 60.8 Å². The van der Waals surface area contributed by atoms with Gasteiger partial charge in [-0.1, -0.05) is 77.9 Å². The normalized spacial score (nSPS) is 12.8. The lowest BCUT2D eigenvalue weighted by molar-refractivity contribution is 0.411. The maximum atomic E-state index is 6.49. The minimum absolute atomic E-state index is 0.0323. The largest absolute Gasteiger partial charge is 0.397 e. The Morgan fingerprint density at radius 1 is 0.879 bits per heavy atom. The van der Waals surface area contributed by atoms with E-state index in [1.165, 1.54) is 36.7 Å². The summed E-state index contributed by atoms with van der Waals surface area (Å²) in [6, 6.07) is 20.1. The smallest absolute Gasteiger partial charge is 0.0882 e. The number of benzene rings is 3. The quantitative estimate of drug-likeness (QED) is 0.291. The van der Waals surface area contributed by atoms with E-state index in [2.05, 4.69) is 96.1 Å². The van der Waals surface area contributed by atoms with Gasteiger partial charge >= 0.3 is 0 Å². The summed E-state index contributed by atoms with van der Waals surface area (Å²) in [5.74, 6) is 0. The van der Waals surface area contributed by atoms with Crippen molar-refractivity contribution in [1.82, 2.24) is 4.98 Å². The number of hydrogen-bond acceptors (Lipinski definition) is 3. The summed E-state index contributed by atoms with van der Waals surface area (Å²) >= 11 is 1.81. The van der Waals surface area contributed by atoms with Crippen LogP contribution >= 0.6 is 11.3 Å². The monoisotopic (exact) mass is 452 g/mol. The molecule has 168 valence electrons. The molecule has 33 heavy (non-hydrogen) atoms. The molecule has 2 N–H and O–H groups in total. The van der Waals surface area contributed by atoms with Crippen LogP contribution in [0.3, 0.4) is 0 Å². The van der Waals surface area contributed by atoms with E-state index in [0.717, 1.165) is 28.8 Å². The van der Waals surface area contributed by atoms with Crippen molar-refractivity contribution in [3.05, 3.63) is 71.9 Å². The maximum Gasteiger partial charge on any atom is 0.0882 e. The highest BCUT2D eigenvalue weighted by molar-refractivity contribution is 7.26. The van der Waals surface area contributed by atoms with Gasteiger partial charge in [-0.15, -0.1) is 11.3 Å². The van der Waals surface area contributed by atoms with Gasteiger partial charge in [0.1, 0.15) is 0 Å². The molecule has 0 unspecified atom stereocenters. The molecule has 0 fully saturated rings. The van der Waals surface area contributed by atoms with E-state index >= 15 is 0 Å². The molecular weight excluding hydrogens is 420 g/mol. The zero-order chi connectivity index (χ0) is 23.5. The second kappa shape index (κ2) is 7.56. The molecule has 0 bridgehead atoms. The number of pyridine rings is 1. The van der Waals surface area contributed by atoms with Gasteiger partial charge < -0.3 is 5.73 Å². The Labute approximate surface area is 200 Å². The molecule has 2 nitrogen and oxygen atoms in total. The van der Waals surface area contributed by atoms with Crippen LogP contribution in [-0.2, 0) is 11.8 Å². The van der Waals surface area contributed by atoms with Gasteiger partial charge in [0, 0.05) is 21.0 Å². The number of aromatic nitrogens is 1. The van der Waals surface area contributed by atoms with E-state index in [1.807, 2.05) is 17.5 Å². The number of thiophene rings is 1. The predicted octanol–water partition coefficient (Wildman–Crippen LogP) is 8.74. The number of anilines is 1. The predicted molar refractivity (Wildman–Crippen MR) is 146 cm³/mol. The molecule has 3 aromatic carbocycles. The third-order valence-corrected chi connectivity index (χ3v) is 7.43. The molecule has 0 aliphatic carbocycles. The highest BCUT2D eigenvalue weighted by Crippen LogP contribution is 2.43. The number of nitrogen functional groups attached to an aromatic ring is 1. The maximum absolute atomic E-state index is 6.49. The molecule has 0 amide bonds. The Bertz CT molecular complexity index is 1510. The van der Waals surface area contributed by atoms with Crippen molar-refractivity contribution in [3.63, 3.8) is 0 Å². The highest BCUT2D eigenvalue weighted by Gasteiger charge is 2.21. The summed E-state index contributed by atoms with van der Waals surface area (Å²) in [5.41, 5.74) is 12.4. The molecular formula is C30H32N2S. The molecule has 0 saturated carbocycles. The van der Waals surface area contributed by atoms with Crippen molar-refractivity contribution in [2.45, 2.75) is 53.4 Å². The van der Waals surface area contributed by atoms with Crippen molar-refractivity contribution in [1.29, 1.82) is 0 Å². The Balaban J connectivity index is 1.78. The van der Waals surface area contributed by atoms with Crippen molar-refractivity contribution in [3.8, 4) is 11.3 Å². The van der Waals surface area contributed by atoms with Gasteiger partial charge in [-0.3, -0.25) is 4.98 Å². The molecule has 5 aromatic rings. The molecule has 0 radical (unpaired) electrons. The van der Waals surface area contributed by atoms with Gasteiger partial charge in [0.2, 0.25) is 0 Å². The van der Waals surface area contributed by atoms with Crippen LogP contribution in [-0.4, -0.2) is 4.98 Å². The fourth-order valence-electron chi connectivity index (χ4n) is 4.85. The van der Waals surface area contributed by atoms with Gasteiger partial charge in [0.25, 0.3) is 0 Å². The van der Waals surface area contributed by atoms with Crippen LogP contribution in [0.5, 0.6) is 0 Å². The first kappa shape index (κ1) is 21.9. The Kier molecular flexibility index (Phi) is 5.02. The van der Waals surface area contributed by atoms with Crippen LogP contribution < -0.4 is 5.73 Å². The van der Waals surface area contributed by atoms with Gasteiger partial charge in [0.05, 0.1) is 22.3 Å². The first-order chi connectivity index (χ1) is 15.5. The molecule has 0 atom stereocenters. The molecule has 0 saturated heterocycles. The summed E-state index contributed by atoms with van der Waals surface area (Å²) in [5, 5.41) is 4.92. The Morgan fingerprint density at radius 2 is 1.64 bits per heavy atom. The number of fused-ring (bicyclic) bond motifs is 4. The molecule has 0 spiro atoms. The minimum Gasteiger partial charge on any atom is -0.397 e. The number of nitrogens with zero attached hydrogens (tertiary/aromatic N) is 1. The van der Waals surface area contributed by atoms with Crippen LogP contribution in [0.2, 0.25) is 0 Å². The Morgan fingerprint density at radius 3 is 2.36 bits per heavy atom. The fraction of sp³-hybridized carbons (Fsp3) is 0.300. The average molecular weight is 453 g/mol.